The van der Waals surface area contributed by atoms with E-state index in [-0.39, 0.29) is 5.69 Å². The molecule has 0 bridgehead atoms. The van der Waals surface area contributed by atoms with Gasteiger partial charge >= 0.3 is 5.97 Å². The van der Waals surface area contributed by atoms with Crippen molar-refractivity contribution < 1.29 is 9.90 Å². The van der Waals surface area contributed by atoms with Gasteiger partial charge in [-0.2, -0.15) is 5.10 Å². The van der Waals surface area contributed by atoms with Crippen LogP contribution in [0.5, 0.6) is 0 Å². The largest absolute Gasteiger partial charge is 0.476 e. The Hall–Kier alpha value is -2.59. The summed E-state index contributed by atoms with van der Waals surface area (Å²) in [6.45, 7) is 4.65. The zero-order valence-electron chi connectivity index (χ0n) is 14.9. The minimum atomic E-state index is -1.02. The lowest BCUT2D eigenvalue weighted by Crippen LogP contribution is -2.06. The van der Waals surface area contributed by atoms with Gasteiger partial charge in [-0.15, -0.1) is 0 Å². The number of hydrogen-bond acceptors (Lipinski definition) is 2. The topological polar surface area (TPSA) is 55.1 Å². The molecule has 26 heavy (non-hydrogen) atoms. The number of aryl methyl sites for hydroxylation is 4. The van der Waals surface area contributed by atoms with Crippen molar-refractivity contribution >= 4 is 17.6 Å². The van der Waals surface area contributed by atoms with Crippen LogP contribution in [0.4, 0.5) is 0 Å². The van der Waals surface area contributed by atoms with Gasteiger partial charge in [0.05, 0.1) is 5.69 Å². The van der Waals surface area contributed by atoms with Gasteiger partial charge in [-0.25, -0.2) is 4.79 Å². The fourth-order valence-electron chi connectivity index (χ4n) is 2.92. The number of halogens is 1. The van der Waals surface area contributed by atoms with Crippen LogP contribution in [0.15, 0.2) is 48.5 Å². The summed E-state index contributed by atoms with van der Waals surface area (Å²) in [7, 11) is 0. The lowest BCUT2D eigenvalue weighted by molar-refractivity contribution is 0.0689. The van der Waals surface area contributed by atoms with E-state index >= 15 is 0 Å². The van der Waals surface area contributed by atoms with Crippen molar-refractivity contribution in [2.24, 2.45) is 0 Å². The molecule has 3 rings (SSSR count). The van der Waals surface area contributed by atoms with Crippen molar-refractivity contribution in [3.63, 3.8) is 0 Å². The number of rotatable bonds is 6. The Kier molecular flexibility index (Phi) is 5.43. The van der Waals surface area contributed by atoms with Gasteiger partial charge in [-0.3, -0.25) is 4.68 Å². The first-order valence-corrected chi connectivity index (χ1v) is 8.95. The highest BCUT2D eigenvalue weighted by molar-refractivity contribution is 6.31. The quantitative estimate of drug-likeness (QED) is 0.654. The molecule has 0 saturated carbocycles. The SMILES string of the molecule is Cc1ccc(CCCn2nc(C(=O)O)cc2-c2ccc(Cl)c(C)c2)cc1. The van der Waals surface area contributed by atoms with Crippen LogP contribution >= 0.6 is 11.6 Å². The Morgan fingerprint density at radius 2 is 1.85 bits per heavy atom. The highest BCUT2D eigenvalue weighted by Gasteiger charge is 2.15. The van der Waals surface area contributed by atoms with Crippen molar-refractivity contribution in [3.05, 3.63) is 75.9 Å². The Morgan fingerprint density at radius 1 is 1.12 bits per heavy atom. The van der Waals surface area contributed by atoms with E-state index in [4.69, 9.17) is 11.6 Å². The average molecular weight is 369 g/mol. The lowest BCUT2D eigenvalue weighted by atomic mass is 10.1. The number of carboxylic acids is 1. The highest BCUT2D eigenvalue weighted by atomic mass is 35.5. The molecule has 3 aromatic rings. The van der Waals surface area contributed by atoms with Crippen LogP contribution in [0.3, 0.4) is 0 Å². The summed E-state index contributed by atoms with van der Waals surface area (Å²) in [5.74, 6) is -1.02. The van der Waals surface area contributed by atoms with Gasteiger partial charge in [0, 0.05) is 17.1 Å². The fraction of sp³-hybridized carbons (Fsp3) is 0.238. The van der Waals surface area contributed by atoms with Gasteiger partial charge in [0.1, 0.15) is 0 Å². The maximum atomic E-state index is 11.3. The van der Waals surface area contributed by atoms with Crippen molar-refractivity contribution in [2.45, 2.75) is 33.2 Å². The van der Waals surface area contributed by atoms with Crippen LogP contribution in [-0.4, -0.2) is 20.9 Å². The molecular formula is C21H21ClN2O2. The summed E-state index contributed by atoms with van der Waals surface area (Å²) >= 11 is 6.11. The van der Waals surface area contributed by atoms with E-state index < -0.39 is 5.97 Å². The molecule has 0 aliphatic carbocycles. The standard InChI is InChI=1S/C21H21ClN2O2/c1-14-5-7-16(8-6-14)4-3-11-24-20(13-19(23-24)21(25)26)17-9-10-18(22)15(2)12-17/h5-10,12-13H,3-4,11H2,1-2H3,(H,25,26). The zero-order chi connectivity index (χ0) is 18.7. The predicted molar refractivity (Wildman–Crippen MR) is 104 cm³/mol. The number of hydrogen-bond donors (Lipinski definition) is 1. The summed E-state index contributed by atoms with van der Waals surface area (Å²) in [5, 5.41) is 14.3. The smallest absolute Gasteiger partial charge is 0.356 e. The molecule has 1 N–H and O–H groups in total. The maximum Gasteiger partial charge on any atom is 0.356 e. The van der Waals surface area contributed by atoms with Gasteiger partial charge in [0.25, 0.3) is 0 Å². The molecule has 1 heterocycles. The first-order valence-electron chi connectivity index (χ1n) is 8.57. The summed E-state index contributed by atoms with van der Waals surface area (Å²) in [4.78, 5) is 11.3. The molecule has 0 fully saturated rings. The Balaban J connectivity index is 1.82. The second kappa shape index (κ2) is 7.75. The van der Waals surface area contributed by atoms with Gasteiger partial charge in [0.15, 0.2) is 5.69 Å². The number of aromatic nitrogens is 2. The molecule has 0 unspecified atom stereocenters. The van der Waals surface area contributed by atoms with Crippen LogP contribution < -0.4 is 0 Å². The van der Waals surface area contributed by atoms with Crippen LogP contribution in [0, 0.1) is 13.8 Å². The number of carbonyl (C=O) groups is 1. The molecule has 2 aromatic carbocycles. The van der Waals surface area contributed by atoms with E-state index in [9.17, 15) is 9.90 Å². The van der Waals surface area contributed by atoms with Crippen molar-refractivity contribution in [1.29, 1.82) is 0 Å². The monoisotopic (exact) mass is 368 g/mol. The van der Waals surface area contributed by atoms with E-state index in [0.29, 0.717) is 11.6 Å². The van der Waals surface area contributed by atoms with E-state index in [2.05, 4.69) is 36.3 Å². The predicted octanol–water partition coefficient (Wildman–Crippen LogP) is 5.15. The summed E-state index contributed by atoms with van der Waals surface area (Å²) in [6, 6.07) is 15.8. The van der Waals surface area contributed by atoms with Crippen LogP contribution in [0.2, 0.25) is 5.02 Å². The first kappa shape index (κ1) is 18.2. The molecule has 0 spiro atoms. The number of aromatic carboxylic acids is 1. The molecule has 0 radical (unpaired) electrons. The summed E-state index contributed by atoms with van der Waals surface area (Å²) in [5.41, 5.74) is 5.24. The van der Waals surface area contributed by atoms with Crippen LogP contribution in [0.1, 0.15) is 33.6 Å². The van der Waals surface area contributed by atoms with E-state index in [1.165, 1.54) is 11.1 Å². The lowest BCUT2D eigenvalue weighted by Gasteiger charge is -2.09. The summed E-state index contributed by atoms with van der Waals surface area (Å²) in [6.07, 6.45) is 1.80. The van der Waals surface area contributed by atoms with E-state index in [1.54, 1.807) is 10.7 Å². The normalized spacial score (nSPS) is 10.9. The molecule has 1 aromatic heterocycles. The maximum absolute atomic E-state index is 11.3. The van der Waals surface area contributed by atoms with Crippen LogP contribution in [-0.2, 0) is 13.0 Å². The molecule has 4 nitrogen and oxygen atoms in total. The molecule has 0 atom stereocenters. The average Bonchev–Trinajstić information content (AvgIpc) is 3.04. The van der Waals surface area contributed by atoms with E-state index in [1.807, 2.05) is 25.1 Å². The highest BCUT2D eigenvalue weighted by Crippen LogP contribution is 2.26. The van der Waals surface area contributed by atoms with Crippen molar-refractivity contribution in [2.75, 3.05) is 0 Å². The number of carboxylic acid groups (broad SMARTS) is 1. The minimum absolute atomic E-state index is 0.0583. The van der Waals surface area contributed by atoms with Crippen molar-refractivity contribution in [1.82, 2.24) is 9.78 Å². The summed E-state index contributed by atoms with van der Waals surface area (Å²) < 4.78 is 1.78. The van der Waals surface area contributed by atoms with Gasteiger partial charge in [-0.05, 0) is 56.0 Å². The molecule has 0 amide bonds. The molecule has 5 heteroatoms. The van der Waals surface area contributed by atoms with Gasteiger partial charge in [0.2, 0.25) is 0 Å². The minimum Gasteiger partial charge on any atom is -0.476 e. The molecule has 0 aliphatic heterocycles. The van der Waals surface area contributed by atoms with Crippen molar-refractivity contribution in [3.8, 4) is 11.3 Å². The third-order valence-electron chi connectivity index (χ3n) is 4.41. The Bertz CT molecular complexity index is 930. The molecule has 0 aliphatic rings. The first-order chi connectivity index (χ1) is 12.4. The van der Waals surface area contributed by atoms with Gasteiger partial charge < -0.3 is 5.11 Å². The molecular weight excluding hydrogens is 348 g/mol. The van der Waals surface area contributed by atoms with Gasteiger partial charge in [-0.1, -0.05) is 47.5 Å². The molecule has 134 valence electrons. The fourth-order valence-corrected chi connectivity index (χ4v) is 3.03. The third kappa shape index (κ3) is 4.14. The second-order valence-corrected chi connectivity index (χ2v) is 6.90. The zero-order valence-corrected chi connectivity index (χ0v) is 15.6. The number of benzene rings is 2. The Labute approximate surface area is 158 Å². The van der Waals surface area contributed by atoms with E-state index in [0.717, 1.165) is 29.7 Å². The molecule has 0 saturated heterocycles. The third-order valence-corrected chi connectivity index (χ3v) is 4.83. The Morgan fingerprint density at radius 3 is 2.50 bits per heavy atom. The number of nitrogens with zero attached hydrogens (tertiary/aromatic N) is 2. The second-order valence-electron chi connectivity index (χ2n) is 6.50. The van der Waals surface area contributed by atoms with Crippen LogP contribution in [0.25, 0.3) is 11.3 Å².